The summed E-state index contributed by atoms with van der Waals surface area (Å²) in [5.74, 6) is 0.985. The Kier molecular flexibility index (Phi) is 3.76. The lowest BCUT2D eigenvalue weighted by Gasteiger charge is -2.12. The molecule has 0 unspecified atom stereocenters. The molecule has 0 aliphatic carbocycles. The van der Waals surface area contributed by atoms with Crippen LogP contribution in [-0.2, 0) is 6.42 Å². The third-order valence-electron chi connectivity index (χ3n) is 4.91. The van der Waals surface area contributed by atoms with Crippen molar-refractivity contribution in [1.82, 2.24) is 19.9 Å². The Labute approximate surface area is 161 Å². The number of nitrogens with two attached hydrogens (primary N) is 1. The summed E-state index contributed by atoms with van der Waals surface area (Å²) in [6, 6.07) is 16.8. The fraction of sp³-hybridized carbons (Fsp3) is 0.0909. The summed E-state index contributed by atoms with van der Waals surface area (Å²) in [6.07, 6.45) is 4.47. The van der Waals surface area contributed by atoms with E-state index in [4.69, 9.17) is 5.73 Å². The average Bonchev–Trinajstić information content (AvgIpc) is 3.28. The van der Waals surface area contributed by atoms with Crippen LogP contribution in [0.25, 0.3) is 21.8 Å². The topological polar surface area (TPSA) is 95.4 Å². The first-order chi connectivity index (χ1) is 13.6. The molecular weight excluding hydrogens is 348 g/mol. The lowest BCUT2D eigenvalue weighted by atomic mass is 10.0. The Morgan fingerprint density at radius 1 is 1.00 bits per heavy atom. The standard InChI is InChI=1S/C22H20N6/c1-13-8-16-11-18(3-5-20(16)26-13)27-21-17(12-25-22(23)28-21)10-14-2-4-19-15(9-14)6-7-24-19/h2-9,11-12,24,26H,10H2,1H3,(H3,23,25,27,28). The van der Waals surface area contributed by atoms with Gasteiger partial charge in [-0.15, -0.1) is 0 Å². The van der Waals surface area contributed by atoms with Gasteiger partial charge in [0.1, 0.15) is 5.82 Å². The molecule has 0 atom stereocenters. The fourth-order valence-electron chi connectivity index (χ4n) is 3.58. The monoisotopic (exact) mass is 368 g/mol. The highest BCUT2D eigenvalue weighted by molar-refractivity contribution is 5.85. The predicted molar refractivity (Wildman–Crippen MR) is 114 cm³/mol. The molecule has 0 amide bonds. The van der Waals surface area contributed by atoms with Crippen molar-refractivity contribution in [3.05, 3.63) is 77.7 Å². The second kappa shape index (κ2) is 6.42. The minimum absolute atomic E-state index is 0.255. The van der Waals surface area contributed by atoms with Gasteiger partial charge in [-0.05, 0) is 60.3 Å². The zero-order valence-electron chi connectivity index (χ0n) is 15.5. The van der Waals surface area contributed by atoms with Crippen LogP contribution in [0.1, 0.15) is 16.8 Å². The maximum Gasteiger partial charge on any atom is 0.221 e. The van der Waals surface area contributed by atoms with Crippen molar-refractivity contribution in [2.24, 2.45) is 0 Å². The third-order valence-corrected chi connectivity index (χ3v) is 4.91. The first-order valence-corrected chi connectivity index (χ1v) is 9.18. The van der Waals surface area contributed by atoms with Crippen LogP contribution in [0.2, 0.25) is 0 Å². The molecule has 2 aromatic carbocycles. The van der Waals surface area contributed by atoms with Gasteiger partial charge >= 0.3 is 0 Å². The first-order valence-electron chi connectivity index (χ1n) is 9.18. The van der Waals surface area contributed by atoms with E-state index in [0.717, 1.165) is 45.6 Å². The van der Waals surface area contributed by atoms with Gasteiger partial charge < -0.3 is 21.0 Å². The van der Waals surface area contributed by atoms with Gasteiger partial charge in [0.25, 0.3) is 0 Å². The second-order valence-corrected chi connectivity index (χ2v) is 7.06. The fourth-order valence-corrected chi connectivity index (χ4v) is 3.58. The number of nitrogen functional groups attached to an aromatic ring is 1. The van der Waals surface area contributed by atoms with E-state index in [9.17, 15) is 0 Å². The van der Waals surface area contributed by atoms with Crippen LogP contribution >= 0.6 is 0 Å². The molecular formula is C22H20N6. The molecule has 0 saturated carbocycles. The Balaban J connectivity index is 1.48. The first kappa shape index (κ1) is 16.4. The molecule has 0 radical (unpaired) electrons. The van der Waals surface area contributed by atoms with Gasteiger partial charge in [0.2, 0.25) is 5.95 Å². The summed E-state index contributed by atoms with van der Waals surface area (Å²) in [5.41, 5.74) is 12.4. The van der Waals surface area contributed by atoms with E-state index >= 15 is 0 Å². The average molecular weight is 368 g/mol. The van der Waals surface area contributed by atoms with Gasteiger partial charge in [-0.25, -0.2) is 4.98 Å². The Morgan fingerprint density at radius 3 is 2.82 bits per heavy atom. The quantitative estimate of drug-likeness (QED) is 0.371. The Hall–Kier alpha value is -3.80. The van der Waals surface area contributed by atoms with Crippen molar-refractivity contribution in [1.29, 1.82) is 0 Å². The lowest BCUT2D eigenvalue weighted by molar-refractivity contribution is 1.09. The number of rotatable bonds is 4. The second-order valence-electron chi connectivity index (χ2n) is 7.06. The zero-order chi connectivity index (χ0) is 19.1. The van der Waals surface area contributed by atoms with E-state index < -0.39 is 0 Å². The molecule has 138 valence electrons. The van der Waals surface area contributed by atoms with Crippen LogP contribution in [0.3, 0.4) is 0 Å². The summed E-state index contributed by atoms with van der Waals surface area (Å²) in [7, 11) is 0. The number of fused-ring (bicyclic) bond motifs is 2. The lowest BCUT2D eigenvalue weighted by Crippen LogP contribution is -2.04. The molecule has 28 heavy (non-hydrogen) atoms. The van der Waals surface area contributed by atoms with Gasteiger partial charge in [-0.2, -0.15) is 4.98 Å². The van der Waals surface area contributed by atoms with Crippen molar-refractivity contribution in [3.63, 3.8) is 0 Å². The van der Waals surface area contributed by atoms with E-state index in [1.54, 1.807) is 6.20 Å². The highest BCUT2D eigenvalue weighted by atomic mass is 15.1. The van der Waals surface area contributed by atoms with Gasteiger partial charge in [0.05, 0.1) is 0 Å². The number of nitrogens with zero attached hydrogens (tertiary/aromatic N) is 2. The van der Waals surface area contributed by atoms with Gasteiger partial charge in [-0.1, -0.05) is 6.07 Å². The Bertz CT molecular complexity index is 1300. The number of hydrogen-bond donors (Lipinski definition) is 4. The summed E-state index contributed by atoms with van der Waals surface area (Å²) in [5, 5.41) is 5.76. The molecule has 0 saturated heterocycles. The van der Waals surface area contributed by atoms with Crippen molar-refractivity contribution >= 4 is 39.3 Å². The SMILES string of the molecule is Cc1cc2cc(Nc3nc(N)ncc3Cc3ccc4[nH]ccc4c3)ccc2[nH]1. The number of nitrogens with one attached hydrogen (secondary N) is 3. The Morgan fingerprint density at radius 2 is 1.89 bits per heavy atom. The summed E-state index contributed by atoms with van der Waals surface area (Å²) in [6.45, 7) is 2.05. The largest absolute Gasteiger partial charge is 0.368 e. The number of hydrogen-bond acceptors (Lipinski definition) is 4. The minimum Gasteiger partial charge on any atom is -0.368 e. The van der Waals surface area contributed by atoms with Gasteiger partial charge in [0.15, 0.2) is 0 Å². The summed E-state index contributed by atoms with van der Waals surface area (Å²) >= 11 is 0. The van der Waals surface area contributed by atoms with Crippen molar-refractivity contribution in [3.8, 4) is 0 Å². The molecule has 0 aliphatic heterocycles. The minimum atomic E-state index is 0.255. The maximum absolute atomic E-state index is 5.86. The third kappa shape index (κ3) is 3.05. The van der Waals surface area contributed by atoms with Crippen molar-refractivity contribution in [2.75, 3.05) is 11.1 Å². The zero-order valence-corrected chi connectivity index (χ0v) is 15.5. The van der Waals surface area contributed by atoms with E-state index in [0.29, 0.717) is 0 Å². The van der Waals surface area contributed by atoms with Gasteiger partial charge in [-0.3, -0.25) is 0 Å². The predicted octanol–water partition coefficient (Wildman–Crippen LogP) is 4.66. The van der Waals surface area contributed by atoms with Crippen LogP contribution < -0.4 is 11.1 Å². The number of H-pyrrole nitrogens is 2. The van der Waals surface area contributed by atoms with E-state index in [-0.39, 0.29) is 5.95 Å². The van der Waals surface area contributed by atoms with Crippen LogP contribution in [-0.4, -0.2) is 19.9 Å². The number of aromatic amines is 2. The number of benzene rings is 2. The molecule has 0 fully saturated rings. The number of aryl methyl sites for hydroxylation is 1. The van der Waals surface area contributed by atoms with Crippen LogP contribution in [0, 0.1) is 6.92 Å². The molecule has 5 aromatic rings. The smallest absolute Gasteiger partial charge is 0.221 e. The molecule has 0 bridgehead atoms. The summed E-state index contributed by atoms with van der Waals surface area (Å²) < 4.78 is 0. The molecule has 3 aromatic heterocycles. The van der Waals surface area contributed by atoms with Crippen LogP contribution in [0.4, 0.5) is 17.5 Å². The number of anilines is 3. The summed E-state index contributed by atoms with van der Waals surface area (Å²) in [4.78, 5) is 15.2. The molecule has 5 rings (SSSR count). The van der Waals surface area contributed by atoms with E-state index in [1.807, 2.05) is 12.3 Å². The number of aromatic nitrogens is 4. The van der Waals surface area contributed by atoms with Crippen molar-refractivity contribution in [2.45, 2.75) is 13.3 Å². The molecule has 3 heterocycles. The molecule has 0 spiro atoms. The van der Waals surface area contributed by atoms with E-state index in [1.165, 1.54) is 10.9 Å². The van der Waals surface area contributed by atoms with Crippen LogP contribution in [0.15, 0.2) is 60.9 Å². The highest BCUT2D eigenvalue weighted by Gasteiger charge is 2.09. The maximum atomic E-state index is 5.86. The van der Waals surface area contributed by atoms with E-state index in [2.05, 4.69) is 74.6 Å². The normalized spacial score (nSPS) is 11.3. The molecule has 6 heteroatoms. The van der Waals surface area contributed by atoms with Crippen LogP contribution in [0.5, 0.6) is 0 Å². The van der Waals surface area contributed by atoms with Crippen molar-refractivity contribution < 1.29 is 0 Å². The molecule has 6 nitrogen and oxygen atoms in total. The molecule has 5 N–H and O–H groups in total. The van der Waals surface area contributed by atoms with Gasteiger partial charge in [0, 0.05) is 52.2 Å². The highest BCUT2D eigenvalue weighted by Crippen LogP contribution is 2.26. The molecule has 0 aliphatic rings.